The van der Waals surface area contributed by atoms with Gasteiger partial charge in [0.05, 0.1) is 0 Å². The fraction of sp³-hybridized carbons (Fsp3) is 1.00. The molecule has 3 heteroatoms. The van der Waals surface area contributed by atoms with E-state index < -0.39 is 0 Å². The minimum Gasteiger partial charge on any atom is -0.327 e. The van der Waals surface area contributed by atoms with Crippen molar-refractivity contribution in [2.24, 2.45) is 17.1 Å². The van der Waals surface area contributed by atoms with Gasteiger partial charge in [0.2, 0.25) is 0 Å². The van der Waals surface area contributed by atoms with Gasteiger partial charge in [-0.25, -0.2) is 0 Å². The van der Waals surface area contributed by atoms with E-state index in [1.54, 1.807) is 0 Å². The Morgan fingerprint density at radius 1 is 1.31 bits per heavy atom. The van der Waals surface area contributed by atoms with E-state index in [0.29, 0.717) is 6.04 Å². The normalized spacial score (nSPS) is 26.4. The van der Waals surface area contributed by atoms with Gasteiger partial charge in [-0.05, 0) is 24.2 Å². The van der Waals surface area contributed by atoms with Crippen LogP contribution in [0.25, 0.3) is 0 Å². The van der Waals surface area contributed by atoms with Crippen LogP contribution in [-0.4, -0.2) is 43.7 Å². The Balaban J connectivity index is 1.84. The SMILES string of the molecule is CC(C)(CN1CCNCC1)C(N)C1CCC1. The Hall–Kier alpha value is -0.120. The highest BCUT2D eigenvalue weighted by Gasteiger charge is 2.36. The van der Waals surface area contributed by atoms with E-state index in [1.165, 1.54) is 32.4 Å². The number of nitrogens with zero attached hydrogens (tertiary/aromatic N) is 1. The second-order valence-electron chi connectivity index (χ2n) is 6.23. The molecule has 1 aliphatic heterocycles. The molecular formula is C13H27N3. The lowest BCUT2D eigenvalue weighted by Crippen LogP contribution is -2.54. The highest BCUT2D eigenvalue weighted by molar-refractivity contribution is 4.92. The largest absolute Gasteiger partial charge is 0.327 e. The van der Waals surface area contributed by atoms with Crippen molar-refractivity contribution in [1.29, 1.82) is 0 Å². The fourth-order valence-corrected chi connectivity index (χ4v) is 2.99. The summed E-state index contributed by atoms with van der Waals surface area (Å²) in [6.45, 7) is 10.5. The monoisotopic (exact) mass is 225 g/mol. The van der Waals surface area contributed by atoms with E-state index >= 15 is 0 Å². The van der Waals surface area contributed by atoms with Crippen molar-refractivity contribution >= 4 is 0 Å². The van der Waals surface area contributed by atoms with E-state index in [1.807, 2.05) is 0 Å². The first-order valence-corrected chi connectivity index (χ1v) is 6.78. The lowest BCUT2D eigenvalue weighted by molar-refractivity contribution is 0.0910. The second kappa shape index (κ2) is 5.03. The molecule has 2 aliphatic rings. The Bertz CT molecular complexity index is 217. The summed E-state index contributed by atoms with van der Waals surface area (Å²) in [6.07, 6.45) is 4.10. The molecule has 94 valence electrons. The molecule has 1 atom stereocenters. The molecule has 0 amide bonds. The standard InChI is InChI=1S/C13H27N3/c1-13(2,12(14)11-4-3-5-11)10-16-8-6-15-7-9-16/h11-12,15H,3-10,14H2,1-2H3. The molecule has 2 rings (SSSR count). The van der Waals surface area contributed by atoms with Gasteiger partial charge in [0, 0.05) is 38.8 Å². The minimum atomic E-state index is 0.266. The van der Waals surface area contributed by atoms with Gasteiger partial charge in [-0.1, -0.05) is 20.3 Å². The quantitative estimate of drug-likeness (QED) is 0.751. The first-order chi connectivity index (χ1) is 7.59. The van der Waals surface area contributed by atoms with Crippen molar-refractivity contribution in [1.82, 2.24) is 10.2 Å². The maximum atomic E-state index is 6.43. The maximum Gasteiger partial charge on any atom is 0.0131 e. The van der Waals surface area contributed by atoms with E-state index in [2.05, 4.69) is 24.1 Å². The Morgan fingerprint density at radius 2 is 1.94 bits per heavy atom. The molecule has 0 spiro atoms. The van der Waals surface area contributed by atoms with Gasteiger partial charge in [0.1, 0.15) is 0 Å². The van der Waals surface area contributed by atoms with Crippen molar-refractivity contribution in [3.05, 3.63) is 0 Å². The van der Waals surface area contributed by atoms with Gasteiger partial charge in [-0.3, -0.25) is 0 Å². The molecule has 1 unspecified atom stereocenters. The summed E-state index contributed by atoms with van der Waals surface area (Å²) < 4.78 is 0. The number of piperazine rings is 1. The third-order valence-electron chi connectivity index (χ3n) is 4.40. The predicted octanol–water partition coefficient (Wildman–Crippen LogP) is 1.05. The summed E-state index contributed by atoms with van der Waals surface area (Å²) in [5.74, 6) is 0.790. The van der Waals surface area contributed by atoms with Gasteiger partial charge in [0.25, 0.3) is 0 Å². The van der Waals surface area contributed by atoms with Crippen molar-refractivity contribution < 1.29 is 0 Å². The lowest BCUT2D eigenvalue weighted by Gasteiger charge is -2.44. The molecule has 0 radical (unpaired) electrons. The Morgan fingerprint density at radius 3 is 2.44 bits per heavy atom. The van der Waals surface area contributed by atoms with Gasteiger partial charge >= 0.3 is 0 Å². The lowest BCUT2D eigenvalue weighted by atomic mass is 9.69. The van der Waals surface area contributed by atoms with Gasteiger partial charge in [-0.15, -0.1) is 0 Å². The van der Waals surface area contributed by atoms with Crippen LogP contribution in [0.2, 0.25) is 0 Å². The Kier molecular flexibility index (Phi) is 3.88. The summed E-state index contributed by atoms with van der Waals surface area (Å²) in [4.78, 5) is 2.56. The van der Waals surface area contributed by atoms with Crippen LogP contribution in [0.4, 0.5) is 0 Å². The second-order valence-corrected chi connectivity index (χ2v) is 6.23. The smallest absolute Gasteiger partial charge is 0.0131 e. The van der Waals surface area contributed by atoms with Crippen LogP contribution in [0, 0.1) is 11.3 Å². The van der Waals surface area contributed by atoms with Gasteiger partial charge < -0.3 is 16.0 Å². The molecule has 0 aromatic rings. The summed E-state index contributed by atoms with van der Waals surface area (Å²) in [7, 11) is 0. The van der Waals surface area contributed by atoms with Crippen molar-refractivity contribution in [2.45, 2.75) is 39.2 Å². The molecule has 1 aliphatic carbocycles. The van der Waals surface area contributed by atoms with Crippen molar-refractivity contribution in [2.75, 3.05) is 32.7 Å². The Labute approximate surface area is 99.8 Å². The first kappa shape index (κ1) is 12.3. The number of hydrogen-bond acceptors (Lipinski definition) is 3. The molecule has 1 heterocycles. The van der Waals surface area contributed by atoms with Crippen LogP contribution in [-0.2, 0) is 0 Å². The number of nitrogens with two attached hydrogens (primary N) is 1. The third kappa shape index (κ3) is 2.76. The van der Waals surface area contributed by atoms with E-state index in [0.717, 1.165) is 25.6 Å². The van der Waals surface area contributed by atoms with Crippen LogP contribution >= 0.6 is 0 Å². The zero-order valence-electron chi connectivity index (χ0n) is 10.8. The average molecular weight is 225 g/mol. The summed E-state index contributed by atoms with van der Waals surface area (Å²) in [5.41, 5.74) is 6.70. The van der Waals surface area contributed by atoms with E-state index in [-0.39, 0.29) is 5.41 Å². The third-order valence-corrected chi connectivity index (χ3v) is 4.40. The van der Waals surface area contributed by atoms with Gasteiger partial charge in [0.15, 0.2) is 0 Å². The zero-order valence-corrected chi connectivity index (χ0v) is 10.8. The average Bonchev–Trinajstić information content (AvgIpc) is 2.15. The zero-order chi connectivity index (χ0) is 11.6. The van der Waals surface area contributed by atoms with Crippen molar-refractivity contribution in [3.63, 3.8) is 0 Å². The van der Waals surface area contributed by atoms with Crippen molar-refractivity contribution in [3.8, 4) is 0 Å². The highest BCUT2D eigenvalue weighted by Crippen LogP contribution is 2.36. The van der Waals surface area contributed by atoms with Gasteiger partial charge in [-0.2, -0.15) is 0 Å². The van der Waals surface area contributed by atoms with Crippen LogP contribution < -0.4 is 11.1 Å². The molecule has 0 bridgehead atoms. The maximum absolute atomic E-state index is 6.43. The van der Waals surface area contributed by atoms with Crippen LogP contribution in [0.5, 0.6) is 0 Å². The molecule has 3 nitrogen and oxygen atoms in total. The number of hydrogen-bond donors (Lipinski definition) is 2. The van der Waals surface area contributed by atoms with E-state index in [9.17, 15) is 0 Å². The summed E-state index contributed by atoms with van der Waals surface area (Å²) in [6, 6.07) is 0.385. The predicted molar refractivity (Wildman–Crippen MR) is 68.4 cm³/mol. The molecule has 16 heavy (non-hydrogen) atoms. The molecule has 1 saturated heterocycles. The number of rotatable bonds is 4. The molecule has 1 saturated carbocycles. The minimum absolute atomic E-state index is 0.266. The van der Waals surface area contributed by atoms with Crippen LogP contribution in [0.3, 0.4) is 0 Å². The molecule has 0 aromatic heterocycles. The number of nitrogens with one attached hydrogen (secondary N) is 1. The molecule has 3 N–H and O–H groups in total. The van der Waals surface area contributed by atoms with Crippen LogP contribution in [0.1, 0.15) is 33.1 Å². The molecule has 0 aromatic carbocycles. The summed E-state index contributed by atoms with van der Waals surface area (Å²) in [5, 5.41) is 3.40. The summed E-state index contributed by atoms with van der Waals surface area (Å²) >= 11 is 0. The topological polar surface area (TPSA) is 41.3 Å². The molecule has 2 fully saturated rings. The fourth-order valence-electron chi connectivity index (χ4n) is 2.99. The first-order valence-electron chi connectivity index (χ1n) is 6.78. The molecular weight excluding hydrogens is 198 g/mol. The van der Waals surface area contributed by atoms with Crippen LogP contribution in [0.15, 0.2) is 0 Å². The van der Waals surface area contributed by atoms with E-state index in [4.69, 9.17) is 5.73 Å². The highest BCUT2D eigenvalue weighted by atomic mass is 15.2.